The molecular formula is C20H25N7O2. The summed E-state index contributed by atoms with van der Waals surface area (Å²) in [7, 11) is 1.60. The Hall–Kier alpha value is -3.36. The number of piperazine rings is 1. The van der Waals surface area contributed by atoms with Crippen molar-refractivity contribution >= 4 is 17.5 Å². The number of carbonyl (C=O) groups is 1. The van der Waals surface area contributed by atoms with E-state index in [4.69, 9.17) is 9.72 Å². The van der Waals surface area contributed by atoms with Gasteiger partial charge in [0.1, 0.15) is 5.82 Å². The van der Waals surface area contributed by atoms with E-state index in [1.807, 2.05) is 43.1 Å². The third kappa shape index (κ3) is 3.80. The average molecular weight is 395 g/mol. The summed E-state index contributed by atoms with van der Waals surface area (Å²) in [5.74, 6) is 1.41. The number of urea groups is 1. The maximum atomic E-state index is 12.2. The topological polar surface area (TPSA) is 87.9 Å². The zero-order valence-electron chi connectivity index (χ0n) is 16.9. The highest BCUT2D eigenvalue weighted by Gasteiger charge is 2.23. The van der Waals surface area contributed by atoms with Crippen LogP contribution in [0.2, 0.25) is 0 Å². The SMILES string of the molecule is COc1ncccc1-c1cnn2ccc(N3CCN(C(=O)NC(C)C)CC3)nc12. The van der Waals surface area contributed by atoms with Gasteiger partial charge < -0.3 is 19.9 Å². The molecular weight excluding hydrogens is 370 g/mol. The van der Waals surface area contributed by atoms with E-state index in [9.17, 15) is 4.79 Å². The van der Waals surface area contributed by atoms with Crippen molar-refractivity contribution in [2.24, 2.45) is 0 Å². The molecule has 0 radical (unpaired) electrons. The van der Waals surface area contributed by atoms with Crippen LogP contribution >= 0.6 is 0 Å². The number of carbonyl (C=O) groups excluding carboxylic acids is 1. The molecule has 29 heavy (non-hydrogen) atoms. The van der Waals surface area contributed by atoms with Crippen LogP contribution in [0.5, 0.6) is 5.88 Å². The second-order valence-corrected chi connectivity index (χ2v) is 7.25. The fourth-order valence-electron chi connectivity index (χ4n) is 3.46. The van der Waals surface area contributed by atoms with Gasteiger partial charge in [-0.3, -0.25) is 0 Å². The minimum absolute atomic E-state index is 0.00943. The largest absolute Gasteiger partial charge is 0.481 e. The molecule has 3 aromatic heterocycles. The molecule has 0 aromatic carbocycles. The maximum Gasteiger partial charge on any atom is 0.317 e. The molecule has 1 N–H and O–H groups in total. The highest BCUT2D eigenvalue weighted by atomic mass is 16.5. The van der Waals surface area contributed by atoms with Gasteiger partial charge in [0.15, 0.2) is 5.65 Å². The van der Waals surface area contributed by atoms with Crippen LogP contribution in [0.4, 0.5) is 10.6 Å². The molecule has 0 unspecified atom stereocenters. The van der Waals surface area contributed by atoms with Crippen LogP contribution in [0.3, 0.4) is 0 Å². The first kappa shape index (κ1) is 19.0. The van der Waals surface area contributed by atoms with Crippen LogP contribution in [-0.4, -0.2) is 69.8 Å². The monoisotopic (exact) mass is 395 g/mol. The predicted octanol–water partition coefficient (Wildman–Crippen LogP) is 2.04. The number of hydrogen-bond acceptors (Lipinski definition) is 6. The molecule has 1 aliphatic heterocycles. The summed E-state index contributed by atoms with van der Waals surface area (Å²) in [6.45, 7) is 6.71. The fourth-order valence-corrected chi connectivity index (χ4v) is 3.46. The number of nitrogens with one attached hydrogen (secondary N) is 1. The quantitative estimate of drug-likeness (QED) is 0.727. The van der Waals surface area contributed by atoms with Crippen molar-refractivity contribution in [1.29, 1.82) is 0 Å². The van der Waals surface area contributed by atoms with Gasteiger partial charge in [-0.1, -0.05) is 0 Å². The summed E-state index contributed by atoms with van der Waals surface area (Å²) in [6, 6.07) is 5.89. The fraction of sp³-hybridized carbons (Fsp3) is 0.400. The van der Waals surface area contributed by atoms with Crippen LogP contribution in [0.1, 0.15) is 13.8 Å². The summed E-state index contributed by atoms with van der Waals surface area (Å²) in [6.07, 6.45) is 5.38. The molecule has 0 spiro atoms. The van der Waals surface area contributed by atoms with Gasteiger partial charge in [0.05, 0.1) is 18.9 Å². The Bertz CT molecular complexity index is 1010. The van der Waals surface area contributed by atoms with Crippen molar-refractivity contribution in [2.75, 3.05) is 38.2 Å². The highest BCUT2D eigenvalue weighted by molar-refractivity contribution is 5.80. The zero-order valence-corrected chi connectivity index (χ0v) is 16.9. The van der Waals surface area contributed by atoms with Crippen LogP contribution < -0.4 is 15.0 Å². The summed E-state index contributed by atoms with van der Waals surface area (Å²) >= 11 is 0. The molecule has 1 saturated heterocycles. The predicted molar refractivity (Wildman–Crippen MR) is 110 cm³/mol. The Balaban J connectivity index is 1.56. The molecule has 4 rings (SSSR count). The number of hydrogen-bond donors (Lipinski definition) is 1. The summed E-state index contributed by atoms with van der Waals surface area (Å²) in [4.78, 5) is 25.4. The van der Waals surface area contributed by atoms with Crippen molar-refractivity contribution in [3.05, 3.63) is 36.8 Å². The van der Waals surface area contributed by atoms with Gasteiger partial charge in [-0.05, 0) is 32.0 Å². The average Bonchev–Trinajstić information content (AvgIpc) is 3.16. The Morgan fingerprint density at radius 2 is 1.97 bits per heavy atom. The first-order valence-electron chi connectivity index (χ1n) is 9.71. The third-order valence-corrected chi connectivity index (χ3v) is 4.91. The number of fused-ring (bicyclic) bond motifs is 1. The molecule has 2 amide bonds. The number of pyridine rings is 1. The lowest BCUT2D eigenvalue weighted by molar-refractivity contribution is 0.191. The van der Waals surface area contributed by atoms with E-state index >= 15 is 0 Å². The van der Waals surface area contributed by atoms with E-state index in [0.717, 1.165) is 35.7 Å². The molecule has 4 heterocycles. The molecule has 1 aliphatic rings. The van der Waals surface area contributed by atoms with Gasteiger partial charge in [-0.15, -0.1) is 0 Å². The van der Waals surface area contributed by atoms with Crippen molar-refractivity contribution in [2.45, 2.75) is 19.9 Å². The van der Waals surface area contributed by atoms with Gasteiger partial charge in [0, 0.05) is 50.2 Å². The number of methoxy groups -OCH3 is 1. The van der Waals surface area contributed by atoms with E-state index in [1.54, 1.807) is 24.0 Å². The Morgan fingerprint density at radius 1 is 1.17 bits per heavy atom. The molecule has 0 atom stereocenters. The minimum atomic E-state index is -0.00943. The van der Waals surface area contributed by atoms with E-state index in [1.165, 1.54) is 0 Å². The summed E-state index contributed by atoms with van der Waals surface area (Å²) in [5.41, 5.74) is 2.46. The second-order valence-electron chi connectivity index (χ2n) is 7.25. The molecule has 0 aliphatic carbocycles. The van der Waals surface area contributed by atoms with Crippen molar-refractivity contribution in [3.8, 4) is 17.0 Å². The normalized spacial score (nSPS) is 14.5. The lowest BCUT2D eigenvalue weighted by Crippen LogP contribution is -2.53. The number of rotatable bonds is 4. The third-order valence-electron chi connectivity index (χ3n) is 4.91. The van der Waals surface area contributed by atoms with Crippen molar-refractivity contribution in [3.63, 3.8) is 0 Å². The smallest absolute Gasteiger partial charge is 0.317 e. The number of anilines is 1. The Kier molecular flexibility index (Phi) is 5.20. The van der Waals surface area contributed by atoms with Gasteiger partial charge in [-0.2, -0.15) is 5.10 Å². The second kappa shape index (κ2) is 7.94. The maximum absolute atomic E-state index is 12.2. The zero-order chi connectivity index (χ0) is 20.4. The van der Waals surface area contributed by atoms with Gasteiger partial charge >= 0.3 is 6.03 Å². The van der Waals surface area contributed by atoms with E-state index in [2.05, 4.69) is 20.3 Å². The van der Waals surface area contributed by atoms with Gasteiger partial charge in [0.2, 0.25) is 5.88 Å². The molecule has 0 saturated carbocycles. The lowest BCUT2D eigenvalue weighted by atomic mass is 10.1. The first-order valence-corrected chi connectivity index (χ1v) is 9.71. The molecule has 9 nitrogen and oxygen atoms in total. The van der Waals surface area contributed by atoms with Crippen LogP contribution in [0, 0.1) is 0 Å². The summed E-state index contributed by atoms with van der Waals surface area (Å²) < 4.78 is 7.14. The van der Waals surface area contributed by atoms with Crippen LogP contribution in [0.25, 0.3) is 16.8 Å². The summed E-state index contributed by atoms with van der Waals surface area (Å²) in [5, 5.41) is 7.36. The number of amides is 2. The first-order chi connectivity index (χ1) is 14.1. The van der Waals surface area contributed by atoms with Crippen LogP contribution in [0.15, 0.2) is 36.8 Å². The van der Waals surface area contributed by atoms with Gasteiger partial charge in [-0.25, -0.2) is 19.3 Å². The highest BCUT2D eigenvalue weighted by Crippen LogP contribution is 2.30. The van der Waals surface area contributed by atoms with E-state index < -0.39 is 0 Å². The number of ether oxygens (including phenoxy) is 1. The number of nitrogens with zero attached hydrogens (tertiary/aromatic N) is 6. The Labute approximate surface area is 169 Å². The molecule has 152 valence electrons. The van der Waals surface area contributed by atoms with Crippen molar-refractivity contribution < 1.29 is 9.53 Å². The van der Waals surface area contributed by atoms with E-state index in [-0.39, 0.29) is 12.1 Å². The minimum Gasteiger partial charge on any atom is -0.481 e. The number of aromatic nitrogens is 4. The molecule has 3 aromatic rings. The lowest BCUT2D eigenvalue weighted by Gasteiger charge is -2.35. The van der Waals surface area contributed by atoms with E-state index in [0.29, 0.717) is 19.0 Å². The Morgan fingerprint density at radius 3 is 2.69 bits per heavy atom. The van der Waals surface area contributed by atoms with Crippen molar-refractivity contribution in [1.82, 2.24) is 29.8 Å². The van der Waals surface area contributed by atoms with Crippen LogP contribution in [-0.2, 0) is 0 Å². The standard InChI is InChI=1S/C20H25N7O2/c1-14(2)23-20(28)26-11-9-25(10-12-26)17-6-8-27-18(24-17)16(13-22-27)15-5-4-7-21-19(15)29-3/h4-8,13-14H,9-12H2,1-3H3,(H,23,28). The molecule has 0 bridgehead atoms. The van der Waals surface area contributed by atoms with Gasteiger partial charge in [0.25, 0.3) is 0 Å². The molecule has 1 fully saturated rings. The molecule has 9 heteroatoms.